The van der Waals surface area contributed by atoms with E-state index in [0.29, 0.717) is 16.7 Å². The van der Waals surface area contributed by atoms with Crippen LogP contribution in [0, 0.1) is 0 Å². The minimum Gasteiger partial charge on any atom is -0.494 e. The predicted molar refractivity (Wildman–Crippen MR) is 52.2 cm³/mol. The van der Waals surface area contributed by atoms with Crippen molar-refractivity contribution < 1.29 is 4.74 Å². The van der Waals surface area contributed by atoms with Crippen LogP contribution in [-0.4, -0.2) is 6.61 Å². The zero-order valence-corrected chi connectivity index (χ0v) is 8.32. The summed E-state index contributed by atoms with van der Waals surface area (Å²) < 4.78 is 5.35. The lowest BCUT2D eigenvalue weighted by atomic mass is 10.3. The average Bonchev–Trinajstić information content (AvgIpc) is 1.99. The van der Waals surface area contributed by atoms with Crippen molar-refractivity contribution in [2.24, 2.45) is 0 Å². The van der Waals surface area contributed by atoms with Crippen LogP contribution in [0.15, 0.2) is 18.2 Å². The standard InChI is InChI=1S/C9H10Cl2O/c1-2-3-12-9-5-7(10)4-8(11)6-9/h4-6H,2-3H2,1H3. The molecule has 1 nitrogen and oxygen atoms in total. The fraction of sp³-hybridized carbons (Fsp3) is 0.333. The van der Waals surface area contributed by atoms with Crippen LogP contribution in [0.2, 0.25) is 10.0 Å². The fourth-order valence-electron chi connectivity index (χ4n) is 0.832. The van der Waals surface area contributed by atoms with Crippen molar-refractivity contribution in [2.75, 3.05) is 6.61 Å². The highest BCUT2D eigenvalue weighted by Crippen LogP contribution is 2.24. The smallest absolute Gasteiger partial charge is 0.122 e. The van der Waals surface area contributed by atoms with Gasteiger partial charge in [-0.25, -0.2) is 0 Å². The van der Waals surface area contributed by atoms with E-state index in [1.165, 1.54) is 0 Å². The molecule has 0 N–H and O–H groups in total. The van der Waals surface area contributed by atoms with Gasteiger partial charge in [0.25, 0.3) is 0 Å². The second-order valence-corrected chi connectivity index (χ2v) is 3.33. The summed E-state index contributed by atoms with van der Waals surface area (Å²) in [6, 6.07) is 5.19. The monoisotopic (exact) mass is 204 g/mol. The summed E-state index contributed by atoms with van der Waals surface area (Å²) in [6.45, 7) is 2.74. The third-order valence-electron chi connectivity index (χ3n) is 1.31. The summed E-state index contributed by atoms with van der Waals surface area (Å²) >= 11 is 11.5. The summed E-state index contributed by atoms with van der Waals surface area (Å²) in [5, 5.41) is 1.21. The molecule has 0 aliphatic heterocycles. The third kappa shape index (κ3) is 2.92. The molecule has 3 heteroatoms. The molecular formula is C9H10Cl2O. The van der Waals surface area contributed by atoms with Crippen molar-refractivity contribution in [1.82, 2.24) is 0 Å². The largest absolute Gasteiger partial charge is 0.494 e. The highest BCUT2D eigenvalue weighted by Gasteiger charge is 1.97. The first-order valence-corrected chi connectivity index (χ1v) is 4.57. The molecule has 66 valence electrons. The Morgan fingerprint density at radius 3 is 2.25 bits per heavy atom. The van der Waals surface area contributed by atoms with E-state index in [-0.39, 0.29) is 0 Å². The van der Waals surface area contributed by atoms with Crippen LogP contribution in [0.1, 0.15) is 13.3 Å². The van der Waals surface area contributed by atoms with E-state index in [1.54, 1.807) is 18.2 Å². The van der Waals surface area contributed by atoms with E-state index < -0.39 is 0 Å². The molecule has 0 saturated heterocycles. The van der Waals surface area contributed by atoms with E-state index in [9.17, 15) is 0 Å². The molecule has 0 aromatic heterocycles. The Kier molecular flexibility index (Phi) is 3.70. The summed E-state index contributed by atoms with van der Waals surface area (Å²) in [4.78, 5) is 0. The molecule has 0 bridgehead atoms. The number of halogens is 2. The van der Waals surface area contributed by atoms with Crippen LogP contribution in [-0.2, 0) is 0 Å². The van der Waals surface area contributed by atoms with Gasteiger partial charge in [-0.2, -0.15) is 0 Å². The molecule has 0 unspecified atom stereocenters. The number of ether oxygens (including phenoxy) is 1. The van der Waals surface area contributed by atoms with Gasteiger partial charge in [0.05, 0.1) is 6.61 Å². The fourth-order valence-corrected chi connectivity index (χ4v) is 1.34. The molecule has 0 atom stereocenters. The second-order valence-electron chi connectivity index (χ2n) is 2.45. The van der Waals surface area contributed by atoms with E-state index >= 15 is 0 Å². The molecule has 12 heavy (non-hydrogen) atoms. The van der Waals surface area contributed by atoms with Crippen molar-refractivity contribution in [3.63, 3.8) is 0 Å². The Hall–Kier alpha value is -0.400. The van der Waals surface area contributed by atoms with E-state index in [2.05, 4.69) is 0 Å². The molecule has 0 fully saturated rings. The lowest BCUT2D eigenvalue weighted by Crippen LogP contribution is -1.94. The maximum atomic E-state index is 5.76. The van der Waals surface area contributed by atoms with Gasteiger partial charge < -0.3 is 4.74 Å². The lowest BCUT2D eigenvalue weighted by Gasteiger charge is -2.04. The minimum absolute atomic E-state index is 0.605. The Balaban J connectivity index is 2.72. The maximum absolute atomic E-state index is 5.76. The Labute approximate surface area is 82.2 Å². The normalized spacial score (nSPS) is 9.92. The molecular weight excluding hydrogens is 195 g/mol. The molecule has 0 amide bonds. The average molecular weight is 205 g/mol. The van der Waals surface area contributed by atoms with Gasteiger partial charge in [0.15, 0.2) is 0 Å². The van der Waals surface area contributed by atoms with E-state index in [4.69, 9.17) is 27.9 Å². The quantitative estimate of drug-likeness (QED) is 0.729. The van der Waals surface area contributed by atoms with Crippen LogP contribution in [0.4, 0.5) is 0 Å². The van der Waals surface area contributed by atoms with Gasteiger partial charge in [0.2, 0.25) is 0 Å². The van der Waals surface area contributed by atoms with Crippen LogP contribution in [0.5, 0.6) is 5.75 Å². The van der Waals surface area contributed by atoms with Crippen LogP contribution in [0.25, 0.3) is 0 Å². The predicted octanol–water partition coefficient (Wildman–Crippen LogP) is 3.78. The molecule has 1 rings (SSSR count). The highest BCUT2D eigenvalue weighted by atomic mass is 35.5. The van der Waals surface area contributed by atoms with Gasteiger partial charge >= 0.3 is 0 Å². The van der Waals surface area contributed by atoms with Gasteiger partial charge in [-0.1, -0.05) is 30.1 Å². The van der Waals surface area contributed by atoms with E-state index in [0.717, 1.165) is 12.2 Å². The number of benzene rings is 1. The first kappa shape index (κ1) is 9.69. The highest BCUT2D eigenvalue weighted by molar-refractivity contribution is 6.34. The molecule has 1 aromatic carbocycles. The lowest BCUT2D eigenvalue weighted by molar-refractivity contribution is 0.317. The van der Waals surface area contributed by atoms with Gasteiger partial charge in [-0.15, -0.1) is 0 Å². The SMILES string of the molecule is CCCOc1cc(Cl)cc(Cl)c1. The van der Waals surface area contributed by atoms with Gasteiger partial charge in [-0.05, 0) is 24.6 Å². The topological polar surface area (TPSA) is 9.23 Å². The molecule has 0 spiro atoms. The van der Waals surface area contributed by atoms with Crippen molar-refractivity contribution in [3.8, 4) is 5.75 Å². The van der Waals surface area contributed by atoms with Crippen molar-refractivity contribution in [3.05, 3.63) is 28.2 Å². The van der Waals surface area contributed by atoms with Crippen molar-refractivity contribution in [2.45, 2.75) is 13.3 Å². The number of hydrogen-bond acceptors (Lipinski definition) is 1. The van der Waals surface area contributed by atoms with Crippen molar-refractivity contribution in [1.29, 1.82) is 0 Å². The molecule has 1 aromatic rings. The Morgan fingerprint density at radius 1 is 1.17 bits per heavy atom. The van der Waals surface area contributed by atoms with Crippen LogP contribution >= 0.6 is 23.2 Å². The first-order chi connectivity index (χ1) is 5.72. The zero-order valence-electron chi connectivity index (χ0n) is 6.81. The van der Waals surface area contributed by atoms with Gasteiger partial charge in [0.1, 0.15) is 5.75 Å². The second kappa shape index (κ2) is 4.58. The summed E-state index contributed by atoms with van der Waals surface area (Å²) in [7, 11) is 0. The first-order valence-electron chi connectivity index (χ1n) is 3.81. The molecule has 0 aliphatic rings. The molecule has 0 radical (unpaired) electrons. The van der Waals surface area contributed by atoms with Gasteiger partial charge in [0, 0.05) is 10.0 Å². The number of rotatable bonds is 3. The summed E-state index contributed by atoms with van der Waals surface area (Å²) in [5.74, 6) is 0.731. The van der Waals surface area contributed by atoms with Crippen LogP contribution in [0.3, 0.4) is 0 Å². The molecule has 0 aliphatic carbocycles. The summed E-state index contributed by atoms with van der Waals surface area (Å²) in [5.41, 5.74) is 0. The Bertz CT molecular complexity index is 240. The third-order valence-corrected chi connectivity index (χ3v) is 1.75. The molecule has 0 saturated carbocycles. The zero-order chi connectivity index (χ0) is 8.97. The summed E-state index contributed by atoms with van der Waals surface area (Å²) in [6.07, 6.45) is 0.976. The van der Waals surface area contributed by atoms with Crippen molar-refractivity contribution >= 4 is 23.2 Å². The maximum Gasteiger partial charge on any atom is 0.122 e. The number of hydrogen-bond donors (Lipinski definition) is 0. The van der Waals surface area contributed by atoms with Crippen LogP contribution < -0.4 is 4.74 Å². The van der Waals surface area contributed by atoms with E-state index in [1.807, 2.05) is 6.92 Å². The minimum atomic E-state index is 0.605. The van der Waals surface area contributed by atoms with Gasteiger partial charge in [-0.3, -0.25) is 0 Å². The molecule has 0 heterocycles. The Morgan fingerprint density at radius 2 is 1.75 bits per heavy atom.